The Morgan fingerprint density at radius 2 is 1.74 bits per heavy atom. The monoisotopic (exact) mass is 281 g/mol. The lowest BCUT2D eigenvalue weighted by atomic mass is 10.1. The van der Waals surface area contributed by atoms with E-state index in [2.05, 4.69) is 22.2 Å². The van der Waals surface area contributed by atoms with Crippen molar-refractivity contribution in [1.82, 2.24) is 9.97 Å². The molecule has 2 N–H and O–H groups in total. The van der Waals surface area contributed by atoms with Gasteiger partial charge >= 0.3 is 0 Å². The normalized spacial score (nSPS) is 10.6. The number of aromatic nitrogens is 2. The van der Waals surface area contributed by atoms with Crippen LogP contribution >= 0.6 is 12.2 Å². The Morgan fingerprint density at radius 1 is 1.11 bits per heavy atom. The average molecular weight is 281 g/mol. The van der Waals surface area contributed by atoms with Gasteiger partial charge in [-0.2, -0.15) is 0 Å². The summed E-state index contributed by atoms with van der Waals surface area (Å²) < 4.78 is 0.554. The summed E-state index contributed by atoms with van der Waals surface area (Å²) >= 11 is 5.05. The van der Waals surface area contributed by atoms with Gasteiger partial charge in [0.05, 0.1) is 0 Å². The van der Waals surface area contributed by atoms with Gasteiger partial charge in [-0.15, -0.1) is 0 Å². The van der Waals surface area contributed by atoms with Crippen LogP contribution in [0.15, 0.2) is 6.07 Å². The summed E-state index contributed by atoms with van der Waals surface area (Å²) in [5.74, 6) is 0.893. The highest BCUT2D eigenvalue weighted by Crippen LogP contribution is 2.09. The Bertz CT molecular complexity index is 401. The van der Waals surface area contributed by atoms with E-state index in [1.54, 1.807) is 0 Å². The van der Waals surface area contributed by atoms with Gasteiger partial charge in [0.25, 0.3) is 0 Å². The van der Waals surface area contributed by atoms with Crippen molar-refractivity contribution in [3.63, 3.8) is 0 Å². The maximum absolute atomic E-state index is 5.05. The van der Waals surface area contributed by atoms with Crippen LogP contribution in [0.3, 0.4) is 0 Å². The van der Waals surface area contributed by atoms with Crippen molar-refractivity contribution in [2.24, 2.45) is 0 Å². The number of nitrogens with one attached hydrogen (secondary N) is 2. The molecule has 0 aliphatic heterocycles. The average Bonchev–Trinajstić information content (AvgIpc) is 2.36. The highest BCUT2D eigenvalue weighted by atomic mass is 32.1. The van der Waals surface area contributed by atoms with Gasteiger partial charge in [0.2, 0.25) is 0 Å². The van der Waals surface area contributed by atoms with Crippen molar-refractivity contribution in [3.8, 4) is 0 Å². The third-order valence-electron chi connectivity index (χ3n) is 3.22. The Labute approximate surface area is 122 Å². The van der Waals surface area contributed by atoms with E-state index in [1.807, 2.05) is 13.0 Å². The number of hydrogen-bond donors (Lipinski definition) is 2. The van der Waals surface area contributed by atoms with Crippen LogP contribution in [-0.4, -0.2) is 16.5 Å². The van der Waals surface area contributed by atoms with Crippen molar-refractivity contribution in [3.05, 3.63) is 16.5 Å². The van der Waals surface area contributed by atoms with E-state index in [4.69, 9.17) is 12.2 Å². The summed E-state index contributed by atoms with van der Waals surface area (Å²) in [7, 11) is 0. The van der Waals surface area contributed by atoms with Crippen LogP contribution in [-0.2, 0) is 0 Å². The van der Waals surface area contributed by atoms with E-state index >= 15 is 0 Å². The van der Waals surface area contributed by atoms with Gasteiger partial charge in [0.15, 0.2) is 4.77 Å². The minimum atomic E-state index is 0.554. The molecule has 3 nitrogen and oxygen atoms in total. The number of rotatable bonds is 10. The van der Waals surface area contributed by atoms with Crippen molar-refractivity contribution in [1.29, 1.82) is 0 Å². The van der Waals surface area contributed by atoms with Gasteiger partial charge in [-0.1, -0.05) is 51.9 Å². The van der Waals surface area contributed by atoms with Gasteiger partial charge < -0.3 is 10.3 Å². The fraction of sp³-hybridized carbons (Fsp3) is 0.733. The molecule has 0 saturated heterocycles. The number of nitrogens with zero attached hydrogens (tertiary/aromatic N) is 1. The number of aromatic amines is 1. The Morgan fingerprint density at radius 3 is 2.37 bits per heavy atom. The summed E-state index contributed by atoms with van der Waals surface area (Å²) in [5, 5.41) is 3.34. The predicted octanol–water partition coefficient (Wildman–Crippen LogP) is 5.00. The molecule has 0 aromatic carbocycles. The fourth-order valence-electron chi connectivity index (χ4n) is 2.15. The molecule has 0 radical (unpaired) electrons. The van der Waals surface area contributed by atoms with Crippen LogP contribution in [0.5, 0.6) is 0 Å². The van der Waals surface area contributed by atoms with Gasteiger partial charge in [-0.25, -0.2) is 4.98 Å². The topological polar surface area (TPSA) is 40.7 Å². The molecule has 0 unspecified atom stereocenters. The van der Waals surface area contributed by atoms with E-state index in [0.717, 1.165) is 18.1 Å². The van der Waals surface area contributed by atoms with Crippen LogP contribution < -0.4 is 5.32 Å². The second-order valence-electron chi connectivity index (χ2n) is 5.16. The zero-order valence-electron chi connectivity index (χ0n) is 12.3. The third-order valence-corrected chi connectivity index (χ3v) is 3.41. The maximum atomic E-state index is 5.05. The summed E-state index contributed by atoms with van der Waals surface area (Å²) in [6.07, 6.45) is 10.8. The third kappa shape index (κ3) is 7.98. The smallest absolute Gasteiger partial charge is 0.198 e. The Kier molecular flexibility index (Phi) is 8.47. The SMILES string of the molecule is CCCCCCCCCCNc1cc(C)[nH]c(=S)n1. The first-order valence-electron chi connectivity index (χ1n) is 7.54. The highest BCUT2D eigenvalue weighted by Gasteiger charge is 1.96. The van der Waals surface area contributed by atoms with Gasteiger partial charge in [0.1, 0.15) is 5.82 Å². The lowest BCUT2D eigenvalue weighted by molar-refractivity contribution is 0.581. The maximum Gasteiger partial charge on any atom is 0.198 e. The molecule has 0 amide bonds. The number of hydrogen-bond acceptors (Lipinski definition) is 3. The Balaban J connectivity index is 2.03. The number of anilines is 1. The molecule has 0 aliphatic carbocycles. The van der Waals surface area contributed by atoms with Crippen LogP contribution in [0.4, 0.5) is 5.82 Å². The molecular formula is C15H27N3S. The number of aryl methyl sites for hydroxylation is 1. The summed E-state index contributed by atoms with van der Waals surface area (Å²) in [5.41, 5.74) is 1.05. The summed E-state index contributed by atoms with van der Waals surface area (Å²) in [4.78, 5) is 7.26. The van der Waals surface area contributed by atoms with E-state index in [1.165, 1.54) is 51.4 Å². The van der Waals surface area contributed by atoms with E-state index in [9.17, 15) is 0 Å². The number of H-pyrrole nitrogens is 1. The van der Waals surface area contributed by atoms with Crippen molar-refractivity contribution in [2.75, 3.05) is 11.9 Å². The molecule has 1 aromatic heterocycles. The first-order valence-corrected chi connectivity index (χ1v) is 7.95. The molecule has 0 aliphatic rings. The molecular weight excluding hydrogens is 254 g/mol. The van der Waals surface area contributed by atoms with E-state index in [0.29, 0.717) is 4.77 Å². The minimum absolute atomic E-state index is 0.554. The largest absolute Gasteiger partial charge is 0.370 e. The zero-order chi connectivity index (χ0) is 13.9. The van der Waals surface area contributed by atoms with Crippen molar-refractivity contribution < 1.29 is 0 Å². The van der Waals surface area contributed by atoms with E-state index < -0.39 is 0 Å². The van der Waals surface area contributed by atoms with Crippen LogP contribution in [0, 0.1) is 11.7 Å². The first kappa shape index (κ1) is 16.2. The standard InChI is InChI=1S/C15H27N3S/c1-3-4-5-6-7-8-9-10-11-16-14-12-13(2)17-15(19)18-14/h12H,3-11H2,1-2H3,(H2,16,17,18,19). The van der Waals surface area contributed by atoms with Gasteiger partial charge in [-0.3, -0.25) is 0 Å². The zero-order valence-corrected chi connectivity index (χ0v) is 13.1. The second kappa shape index (κ2) is 9.96. The number of unbranched alkanes of at least 4 members (excludes halogenated alkanes) is 7. The molecule has 4 heteroatoms. The molecule has 0 saturated carbocycles. The molecule has 1 aromatic rings. The lowest BCUT2D eigenvalue weighted by Gasteiger charge is -2.06. The van der Waals surface area contributed by atoms with Crippen LogP contribution in [0.1, 0.15) is 64.0 Å². The molecule has 0 fully saturated rings. The Hall–Kier alpha value is -0.900. The second-order valence-corrected chi connectivity index (χ2v) is 5.54. The van der Waals surface area contributed by atoms with Crippen molar-refractivity contribution >= 4 is 18.0 Å². The van der Waals surface area contributed by atoms with E-state index in [-0.39, 0.29) is 0 Å². The van der Waals surface area contributed by atoms with Crippen LogP contribution in [0.2, 0.25) is 0 Å². The first-order chi connectivity index (χ1) is 9.22. The van der Waals surface area contributed by atoms with Gasteiger partial charge in [-0.05, 0) is 31.6 Å². The molecule has 0 atom stereocenters. The molecule has 108 valence electrons. The molecule has 19 heavy (non-hydrogen) atoms. The predicted molar refractivity (Wildman–Crippen MR) is 85.3 cm³/mol. The highest BCUT2D eigenvalue weighted by molar-refractivity contribution is 7.71. The van der Waals surface area contributed by atoms with Crippen molar-refractivity contribution in [2.45, 2.75) is 65.2 Å². The molecule has 1 rings (SSSR count). The summed E-state index contributed by atoms with van der Waals surface area (Å²) in [6, 6.07) is 2.00. The van der Waals surface area contributed by atoms with Crippen LogP contribution in [0.25, 0.3) is 0 Å². The van der Waals surface area contributed by atoms with Gasteiger partial charge in [0, 0.05) is 12.2 Å². The molecule has 1 heterocycles. The quantitative estimate of drug-likeness (QED) is 0.468. The molecule has 0 bridgehead atoms. The lowest BCUT2D eigenvalue weighted by Crippen LogP contribution is -2.04. The summed E-state index contributed by atoms with van der Waals surface area (Å²) in [6.45, 7) is 5.25. The minimum Gasteiger partial charge on any atom is -0.370 e. The molecule has 0 spiro atoms. The fourth-order valence-corrected chi connectivity index (χ4v) is 2.40.